The van der Waals surface area contributed by atoms with Crippen LogP contribution in [0.5, 0.6) is 5.75 Å². The molecule has 0 unspecified atom stereocenters. The minimum Gasteiger partial charge on any atom is -0.506 e. The zero-order valence-electron chi connectivity index (χ0n) is 9.61. The zero-order chi connectivity index (χ0) is 13.3. The highest BCUT2D eigenvalue weighted by molar-refractivity contribution is 6.38. The first-order valence-electron chi connectivity index (χ1n) is 5.28. The van der Waals surface area contributed by atoms with Gasteiger partial charge in [0.1, 0.15) is 5.75 Å². The van der Waals surface area contributed by atoms with Crippen LogP contribution in [0.25, 0.3) is 10.9 Å². The Labute approximate surface area is 108 Å². The molecule has 1 aromatic carbocycles. The standard InChI is InChI=1S/C12H11ClN2O3/c1-2-18-12(17)7-5-15-9-4-10(16)8(14)3-6(9)11(7)13/h3-5,16H,2,14H2,1H3. The van der Waals surface area contributed by atoms with Gasteiger partial charge >= 0.3 is 5.97 Å². The van der Waals surface area contributed by atoms with Gasteiger partial charge in [0.25, 0.3) is 0 Å². The zero-order valence-corrected chi connectivity index (χ0v) is 10.4. The molecule has 5 nitrogen and oxygen atoms in total. The first kappa shape index (κ1) is 12.4. The number of esters is 1. The number of phenols is 1. The second-order valence-corrected chi connectivity index (χ2v) is 4.01. The molecule has 0 spiro atoms. The number of phenolic OH excluding ortho intramolecular Hbond substituents is 1. The van der Waals surface area contributed by atoms with Gasteiger partial charge in [0.2, 0.25) is 0 Å². The number of benzene rings is 1. The molecule has 0 aliphatic rings. The van der Waals surface area contributed by atoms with Crippen molar-refractivity contribution in [1.29, 1.82) is 0 Å². The largest absolute Gasteiger partial charge is 0.506 e. The summed E-state index contributed by atoms with van der Waals surface area (Å²) >= 11 is 6.12. The lowest BCUT2D eigenvalue weighted by atomic mass is 10.1. The van der Waals surface area contributed by atoms with E-state index in [1.807, 2.05) is 0 Å². The lowest BCUT2D eigenvalue weighted by Gasteiger charge is -2.08. The van der Waals surface area contributed by atoms with Crippen molar-refractivity contribution in [1.82, 2.24) is 4.98 Å². The minimum atomic E-state index is -0.538. The fraction of sp³-hybridized carbons (Fsp3) is 0.167. The van der Waals surface area contributed by atoms with Crippen LogP contribution in [0.4, 0.5) is 5.69 Å². The SMILES string of the molecule is CCOC(=O)c1cnc2cc(O)c(N)cc2c1Cl. The summed E-state index contributed by atoms with van der Waals surface area (Å²) in [6.07, 6.45) is 1.32. The van der Waals surface area contributed by atoms with Crippen molar-refractivity contribution in [3.63, 3.8) is 0 Å². The number of nitrogens with zero attached hydrogens (tertiary/aromatic N) is 1. The average molecular weight is 267 g/mol. The summed E-state index contributed by atoms with van der Waals surface area (Å²) in [5, 5.41) is 10.2. The summed E-state index contributed by atoms with van der Waals surface area (Å²) in [7, 11) is 0. The van der Waals surface area contributed by atoms with E-state index in [1.165, 1.54) is 18.3 Å². The van der Waals surface area contributed by atoms with Crippen molar-refractivity contribution < 1.29 is 14.6 Å². The molecule has 6 heteroatoms. The number of rotatable bonds is 2. The van der Waals surface area contributed by atoms with Crippen LogP contribution in [0.2, 0.25) is 5.02 Å². The van der Waals surface area contributed by atoms with E-state index in [2.05, 4.69) is 4.98 Å². The number of anilines is 1. The van der Waals surface area contributed by atoms with Crippen molar-refractivity contribution in [2.75, 3.05) is 12.3 Å². The normalized spacial score (nSPS) is 10.6. The van der Waals surface area contributed by atoms with Crippen molar-refractivity contribution in [3.8, 4) is 5.75 Å². The van der Waals surface area contributed by atoms with Crippen molar-refractivity contribution in [3.05, 3.63) is 28.9 Å². The maximum atomic E-state index is 11.6. The highest BCUT2D eigenvalue weighted by atomic mass is 35.5. The number of nitrogens with two attached hydrogens (primary N) is 1. The molecule has 1 heterocycles. The van der Waals surface area contributed by atoms with E-state index in [-0.39, 0.29) is 28.6 Å². The Balaban J connectivity index is 2.63. The van der Waals surface area contributed by atoms with Gasteiger partial charge in [0.05, 0.1) is 28.4 Å². The molecule has 18 heavy (non-hydrogen) atoms. The second kappa shape index (κ2) is 4.70. The summed E-state index contributed by atoms with van der Waals surface area (Å²) in [4.78, 5) is 15.7. The summed E-state index contributed by atoms with van der Waals surface area (Å²) in [5.74, 6) is -0.613. The van der Waals surface area contributed by atoms with Crippen LogP contribution in [-0.2, 0) is 4.74 Å². The number of hydrogen-bond acceptors (Lipinski definition) is 5. The monoisotopic (exact) mass is 266 g/mol. The third-order valence-electron chi connectivity index (χ3n) is 2.45. The first-order chi connectivity index (χ1) is 8.54. The first-order valence-corrected chi connectivity index (χ1v) is 5.66. The minimum absolute atomic E-state index is 0.0741. The van der Waals surface area contributed by atoms with Gasteiger partial charge in [0, 0.05) is 17.6 Å². The molecule has 2 aromatic rings. The molecule has 0 atom stereocenters. The smallest absolute Gasteiger partial charge is 0.341 e. The van der Waals surface area contributed by atoms with Gasteiger partial charge in [-0.25, -0.2) is 4.79 Å². The van der Waals surface area contributed by atoms with Gasteiger partial charge in [-0.3, -0.25) is 4.98 Å². The molecule has 94 valence electrons. The van der Waals surface area contributed by atoms with Crippen molar-refractivity contribution in [2.24, 2.45) is 0 Å². The number of fused-ring (bicyclic) bond motifs is 1. The molecule has 0 saturated carbocycles. The highest BCUT2D eigenvalue weighted by Gasteiger charge is 2.16. The van der Waals surface area contributed by atoms with Gasteiger partial charge in [-0.05, 0) is 13.0 Å². The molecule has 0 saturated heterocycles. The number of carbonyl (C=O) groups is 1. The number of nitrogen functional groups attached to an aromatic ring is 1. The molecule has 0 aliphatic heterocycles. The number of ether oxygens (including phenoxy) is 1. The van der Waals surface area contributed by atoms with E-state index in [0.717, 1.165) is 0 Å². The van der Waals surface area contributed by atoms with Gasteiger partial charge in [-0.1, -0.05) is 11.6 Å². The maximum Gasteiger partial charge on any atom is 0.341 e. The summed E-state index contributed by atoms with van der Waals surface area (Å²) in [6, 6.07) is 2.87. The van der Waals surface area contributed by atoms with Crippen LogP contribution in [0, 0.1) is 0 Å². The molecule has 0 amide bonds. The highest BCUT2D eigenvalue weighted by Crippen LogP contribution is 2.32. The fourth-order valence-electron chi connectivity index (χ4n) is 1.56. The van der Waals surface area contributed by atoms with Crippen LogP contribution < -0.4 is 5.73 Å². The lowest BCUT2D eigenvalue weighted by Crippen LogP contribution is -2.06. The third-order valence-corrected chi connectivity index (χ3v) is 2.85. The molecule has 0 fully saturated rings. The van der Waals surface area contributed by atoms with Crippen LogP contribution in [0.1, 0.15) is 17.3 Å². The van der Waals surface area contributed by atoms with Gasteiger partial charge in [-0.15, -0.1) is 0 Å². The molecule has 0 bridgehead atoms. The van der Waals surface area contributed by atoms with Crippen LogP contribution in [0.15, 0.2) is 18.3 Å². The molecule has 0 radical (unpaired) electrons. The number of halogens is 1. The second-order valence-electron chi connectivity index (χ2n) is 3.63. The summed E-state index contributed by atoms with van der Waals surface area (Å²) < 4.78 is 4.87. The summed E-state index contributed by atoms with van der Waals surface area (Å²) in [5.41, 5.74) is 6.40. The van der Waals surface area contributed by atoms with Gasteiger partial charge in [-0.2, -0.15) is 0 Å². The van der Waals surface area contributed by atoms with E-state index in [0.29, 0.717) is 10.9 Å². The Morgan fingerprint density at radius 3 is 2.94 bits per heavy atom. The Bertz CT molecular complexity index is 628. The van der Waals surface area contributed by atoms with Gasteiger partial charge in [0.15, 0.2) is 0 Å². The molecule has 2 rings (SSSR count). The van der Waals surface area contributed by atoms with E-state index < -0.39 is 5.97 Å². The maximum absolute atomic E-state index is 11.6. The Hall–Kier alpha value is -2.01. The van der Waals surface area contributed by atoms with E-state index >= 15 is 0 Å². The van der Waals surface area contributed by atoms with Crippen molar-refractivity contribution in [2.45, 2.75) is 6.92 Å². The fourth-order valence-corrected chi connectivity index (χ4v) is 1.84. The van der Waals surface area contributed by atoms with Crippen molar-refractivity contribution >= 4 is 34.2 Å². The predicted octanol–water partition coefficient (Wildman–Crippen LogP) is 2.35. The van der Waals surface area contributed by atoms with E-state index in [9.17, 15) is 9.90 Å². The molecular formula is C12H11ClN2O3. The number of pyridine rings is 1. The topological polar surface area (TPSA) is 85.4 Å². The molecule has 0 aliphatic carbocycles. The van der Waals surface area contributed by atoms with Crippen LogP contribution in [-0.4, -0.2) is 22.7 Å². The molecular weight excluding hydrogens is 256 g/mol. The number of aromatic nitrogens is 1. The number of hydrogen-bond donors (Lipinski definition) is 2. The molecule has 1 aromatic heterocycles. The van der Waals surface area contributed by atoms with E-state index in [1.54, 1.807) is 6.92 Å². The van der Waals surface area contributed by atoms with Gasteiger partial charge < -0.3 is 15.6 Å². The summed E-state index contributed by atoms with van der Waals surface area (Å²) in [6.45, 7) is 1.96. The Morgan fingerprint density at radius 2 is 2.28 bits per heavy atom. The predicted molar refractivity (Wildman–Crippen MR) is 68.8 cm³/mol. The Kier molecular flexibility index (Phi) is 3.25. The van der Waals surface area contributed by atoms with Crippen LogP contribution >= 0.6 is 11.6 Å². The quantitative estimate of drug-likeness (QED) is 0.495. The molecule has 3 N–H and O–H groups in total. The Morgan fingerprint density at radius 1 is 1.56 bits per heavy atom. The lowest BCUT2D eigenvalue weighted by molar-refractivity contribution is 0.0526. The number of aromatic hydroxyl groups is 1. The van der Waals surface area contributed by atoms with Crippen LogP contribution in [0.3, 0.4) is 0 Å². The third kappa shape index (κ3) is 2.04. The number of carbonyl (C=O) groups excluding carboxylic acids is 1. The average Bonchev–Trinajstić information content (AvgIpc) is 2.32. The van der Waals surface area contributed by atoms with E-state index in [4.69, 9.17) is 22.1 Å².